The average molecular weight is 433 g/mol. The van der Waals surface area contributed by atoms with E-state index in [2.05, 4.69) is 22.6 Å². The van der Waals surface area contributed by atoms with Crippen molar-refractivity contribution in [2.75, 3.05) is 20.8 Å². The normalized spacial score (nSPS) is 16.5. The second-order valence-electron chi connectivity index (χ2n) is 4.62. The predicted octanol–water partition coefficient (Wildman–Crippen LogP) is 3.75. The second kappa shape index (κ2) is 7.36. The number of imide groups is 1. The highest BCUT2D eigenvalue weighted by Gasteiger charge is 2.31. The van der Waals surface area contributed by atoms with Gasteiger partial charge in [-0.2, -0.15) is 0 Å². The first-order chi connectivity index (χ1) is 10.5. The van der Waals surface area contributed by atoms with Crippen molar-refractivity contribution in [1.82, 2.24) is 4.90 Å². The number of likely N-dealkylation sites (N-methyl/N-ethyl adjacent to an activating group) is 1. The van der Waals surface area contributed by atoms with Gasteiger partial charge in [0.15, 0.2) is 11.5 Å². The first-order valence-electron chi connectivity index (χ1n) is 6.69. The van der Waals surface area contributed by atoms with E-state index in [9.17, 15) is 9.59 Å². The fourth-order valence-corrected chi connectivity index (χ4v) is 3.47. The summed E-state index contributed by atoms with van der Waals surface area (Å²) in [5.41, 5.74) is 0.795. The van der Waals surface area contributed by atoms with E-state index in [-0.39, 0.29) is 11.1 Å². The zero-order chi connectivity index (χ0) is 16.3. The minimum atomic E-state index is -0.282. The van der Waals surface area contributed by atoms with Crippen LogP contribution in [0.2, 0.25) is 0 Å². The SMILES string of the molecule is CCCOc1c(I)cc(/C=C2\SC(=O)N(C)C2=O)cc1OC. The van der Waals surface area contributed by atoms with Gasteiger partial charge in [-0.3, -0.25) is 14.5 Å². The Bertz CT molecular complexity index is 645. The topological polar surface area (TPSA) is 55.8 Å². The van der Waals surface area contributed by atoms with Gasteiger partial charge >= 0.3 is 0 Å². The molecule has 1 aliphatic heterocycles. The van der Waals surface area contributed by atoms with E-state index in [4.69, 9.17) is 9.47 Å². The summed E-state index contributed by atoms with van der Waals surface area (Å²) in [5.74, 6) is 1.03. The monoisotopic (exact) mass is 433 g/mol. The van der Waals surface area contributed by atoms with Crippen LogP contribution in [0.1, 0.15) is 18.9 Å². The standard InChI is InChI=1S/C15H16INO4S/c1-4-5-21-13-10(16)6-9(7-11(13)20-3)8-12-14(18)17(2)15(19)22-12/h6-8H,4-5H2,1-3H3/b12-8-. The molecule has 0 aromatic heterocycles. The summed E-state index contributed by atoms with van der Waals surface area (Å²) in [5, 5.41) is -0.263. The average Bonchev–Trinajstić information content (AvgIpc) is 2.73. The number of carbonyl (C=O) groups excluding carboxylic acids is 2. The summed E-state index contributed by atoms with van der Waals surface area (Å²) in [6.45, 7) is 2.65. The highest BCUT2D eigenvalue weighted by molar-refractivity contribution is 14.1. The highest BCUT2D eigenvalue weighted by atomic mass is 127. The first kappa shape index (κ1) is 17.1. The zero-order valence-corrected chi connectivity index (χ0v) is 15.5. The van der Waals surface area contributed by atoms with Gasteiger partial charge in [-0.05, 0) is 64.5 Å². The van der Waals surface area contributed by atoms with Gasteiger partial charge in [0.05, 0.1) is 22.2 Å². The number of carbonyl (C=O) groups is 2. The Morgan fingerprint density at radius 1 is 1.36 bits per heavy atom. The molecule has 5 nitrogen and oxygen atoms in total. The number of hydrogen-bond acceptors (Lipinski definition) is 5. The Hall–Kier alpha value is -1.22. The molecule has 1 aliphatic rings. The molecule has 1 fully saturated rings. The Kier molecular flexibility index (Phi) is 5.74. The molecule has 0 bridgehead atoms. The zero-order valence-electron chi connectivity index (χ0n) is 12.5. The Morgan fingerprint density at radius 2 is 2.09 bits per heavy atom. The second-order valence-corrected chi connectivity index (χ2v) is 6.78. The Balaban J connectivity index is 2.35. The summed E-state index contributed by atoms with van der Waals surface area (Å²) in [7, 11) is 3.05. The largest absolute Gasteiger partial charge is 0.493 e. The summed E-state index contributed by atoms with van der Waals surface area (Å²) < 4.78 is 12.0. The third kappa shape index (κ3) is 3.57. The number of nitrogens with zero attached hydrogens (tertiary/aromatic N) is 1. The number of halogens is 1. The quantitative estimate of drug-likeness (QED) is 0.523. The molecule has 1 aromatic carbocycles. The molecule has 0 aliphatic carbocycles. The van der Waals surface area contributed by atoms with Crippen molar-refractivity contribution in [2.45, 2.75) is 13.3 Å². The van der Waals surface area contributed by atoms with E-state index in [1.165, 1.54) is 7.05 Å². The molecule has 0 spiro atoms. The van der Waals surface area contributed by atoms with Gasteiger partial charge in [-0.1, -0.05) is 6.92 Å². The molecule has 1 saturated heterocycles. The minimum Gasteiger partial charge on any atom is -0.493 e. The lowest BCUT2D eigenvalue weighted by Crippen LogP contribution is -2.22. The van der Waals surface area contributed by atoms with Gasteiger partial charge in [0, 0.05) is 7.05 Å². The minimum absolute atomic E-state index is 0.263. The van der Waals surface area contributed by atoms with Crippen LogP contribution < -0.4 is 9.47 Å². The van der Waals surface area contributed by atoms with Crippen LogP contribution in [0.4, 0.5) is 4.79 Å². The van der Waals surface area contributed by atoms with Crippen LogP contribution in [-0.4, -0.2) is 36.8 Å². The molecule has 22 heavy (non-hydrogen) atoms. The molecular formula is C15H16INO4S. The summed E-state index contributed by atoms with van der Waals surface area (Å²) >= 11 is 3.11. The number of thioether (sulfide) groups is 1. The van der Waals surface area contributed by atoms with Gasteiger partial charge in [0.1, 0.15) is 0 Å². The van der Waals surface area contributed by atoms with E-state index in [1.54, 1.807) is 19.3 Å². The number of amides is 2. The molecule has 7 heteroatoms. The molecule has 0 atom stereocenters. The van der Waals surface area contributed by atoms with Crippen molar-refractivity contribution in [3.8, 4) is 11.5 Å². The van der Waals surface area contributed by atoms with Crippen LogP contribution in [0, 0.1) is 3.57 Å². The van der Waals surface area contributed by atoms with Gasteiger partial charge in [-0.25, -0.2) is 0 Å². The summed E-state index contributed by atoms with van der Waals surface area (Å²) in [6, 6.07) is 3.70. The van der Waals surface area contributed by atoms with Gasteiger partial charge < -0.3 is 9.47 Å². The lowest BCUT2D eigenvalue weighted by atomic mass is 10.2. The van der Waals surface area contributed by atoms with Crippen molar-refractivity contribution in [3.63, 3.8) is 0 Å². The fourth-order valence-electron chi connectivity index (χ4n) is 1.86. The van der Waals surface area contributed by atoms with Crippen molar-refractivity contribution >= 4 is 51.6 Å². The number of ether oxygens (including phenoxy) is 2. The molecule has 118 valence electrons. The fraction of sp³-hybridized carbons (Fsp3) is 0.333. The van der Waals surface area contributed by atoms with Crippen LogP contribution >= 0.6 is 34.4 Å². The van der Waals surface area contributed by atoms with Gasteiger partial charge in [0.2, 0.25) is 0 Å². The molecule has 0 radical (unpaired) electrons. The molecule has 0 N–H and O–H groups in total. The van der Waals surface area contributed by atoms with Crippen LogP contribution in [0.3, 0.4) is 0 Å². The van der Waals surface area contributed by atoms with Crippen LogP contribution in [0.15, 0.2) is 17.0 Å². The molecule has 2 rings (SSSR count). The molecule has 0 unspecified atom stereocenters. The van der Waals surface area contributed by atoms with E-state index >= 15 is 0 Å². The molecule has 1 heterocycles. The van der Waals surface area contributed by atoms with Crippen LogP contribution in [-0.2, 0) is 4.79 Å². The van der Waals surface area contributed by atoms with Crippen LogP contribution in [0.25, 0.3) is 6.08 Å². The van der Waals surface area contributed by atoms with Gasteiger partial charge in [0.25, 0.3) is 11.1 Å². The maximum absolute atomic E-state index is 11.9. The first-order valence-corrected chi connectivity index (χ1v) is 8.59. The highest BCUT2D eigenvalue weighted by Crippen LogP contribution is 2.36. The lowest BCUT2D eigenvalue weighted by molar-refractivity contribution is -0.121. The number of rotatable bonds is 5. The summed E-state index contributed by atoms with van der Waals surface area (Å²) in [6.07, 6.45) is 2.60. The van der Waals surface area contributed by atoms with E-state index in [0.29, 0.717) is 23.0 Å². The Labute approximate surface area is 147 Å². The molecular weight excluding hydrogens is 417 g/mol. The van der Waals surface area contributed by atoms with E-state index in [0.717, 1.165) is 32.2 Å². The number of methoxy groups -OCH3 is 1. The third-order valence-electron chi connectivity index (χ3n) is 2.99. The van der Waals surface area contributed by atoms with E-state index < -0.39 is 0 Å². The number of hydrogen-bond donors (Lipinski definition) is 0. The number of benzene rings is 1. The van der Waals surface area contributed by atoms with Crippen molar-refractivity contribution in [1.29, 1.82) is 0 Å². The lowest BCUT2D eigenvalue weighted by Gasteiger charge is -2.13. The third-order valence-corrected chi connectivity index (χ3v) is 4.75. The Morgan fingerprint density at radius 3 is 2.64 bits per heavy atom. The van der Waals surface area contributed by atoms with E-state index in [1.807, 2.05) is 13.0 Å². The maximum atomic E-state index is 11.9. The van der Waals surface area contributed by atoms with Crippen LogP contribution in [0.5, 0.6) is 11.5 Å². The smallest absolute Gasteiger partial charge is 0.293 e. The predicted molar refractivity (Wildman–Crippen MR) is 95.2 cm³/mol. The van der Waals surface area contributed by atoms with Gasteiger partial charge in [-0.15, -0.1) is 0 Å². The van der Waals surface area contributed by atoms with Crippen molar-refractivity contribution < 1.29 is 19.1 Å². The van der Waals surface area contributed by atoms with Crippen molar-refractivity contribution in [3.05, 3.63) is 26.2 Å². The molecule has 2 amide bonds. The van der Waals surface area contributed by atoms with Crippen molar-refractivity contribution in [2.24, 2.45) is 0 Å². The maximum Gasteiger partial charge on any atom is 0.293 e. The summed E-state index contributed by atoms with van der Waals surface area (Å²) in [4.78, 5) is 25.0. The molecule has 1 aromatic rings. The molecule has 0 saturated carbocycles.